The van der Waals surface area contributed by atoms with Crippen molar-refractivity contribution >= 4 is 27.7 Å². The molecular weight excluding hydrogens is 220 g/mol. The van der Waals surface area contributed by atoms with Gasteiger partial charge in [0.15, 0.2) is 0 Å². The van der Waals surface area contributed by atoms with Gasteiger partial charge in [-0.2, -0.15) is 0 Å². The summed E-state index contributed by atoms with van der Waals surface area (Å²) in [6.45, 7) is 6.66. The summed E-state index contributed by atoms with van der Waals surface area (Å²) in [5.41, 5.74) is 0. The summed E-state index contributed by atoms with van der Waals surface area (Å²) in [5, 5.41) is 2.65. The van der Waals surface area contributed by atoms with Crippen LogP contribution in [0.3, 0.4) is 0 Å². The van der Waals surface area contributed by atoms with Crippen LogP contribution in [0.1, 0.15) is 0 Å². The minimum Gasteiger partial charge on any atom is -0.394 e. The Bertz CT molecular complexity index is 322. The predicted molar refractivity (Wildman–Crippen MR) is 68.8 cm³/mol. The van der Waals surface area contributed by atoms with Crippen LogP contribution < -0.4 is 10.4 Å². The van der Waals surface area contributed by atoms with Crippen LogP contribution in [-0.2, 0) is 8.85 Å². The third kappa shape index (κ3) is 2.78. The first-order valence-electron chi connectivity index (χ1n) is 5.05. The SMILES string of the molecule is CO[Si](C)(OC)c1cccc([Si](C)C)c1. The van der Waals surface area contributed by atoms with Crippen molar-refractivity contribution in [3.8, 4) is 0 Å². The van der Waals surface area contributed by atoms with E-state index in [4.69, 9.17) is 8.85 Å². The van der Waals surface area contributed by atoms with Crippen molar-refractivity contribution in [1.82, 2.24) is 0 Å². The molecule has 1 aromatic carbocycles. The number of hydrogen-bond donors (Lipinski definition) is 0. The Morgan fingerprint density at radius 3 is 2.20 bits per heavy atom. The third-order valence-corrected chi connectivity index (χ3v) is 7.13. The zero-order valence-corrected chi connectivity index (χ0v) is 12.1. The summed E-state index contributed by atoms with van der Waals surface area (Å²) in [4.78, 5) is 0. The van der Waals surface area contributed by atoms with E-state index < -0.39 is 17.4 Å². The predicted octanol–water partition coefficient (Wildman–Crippen LogP) is 1.22. The summed E-state index contributed by atoms with van der Waals surface area (Å²) in [6, 6.07) is 8.64. The van der Waals surface area contributed by atoms with Gasteiger partial charge < -0.3 is 8.85 Å². The third-order valence-electron chi connectivity index (χ3n) is 2.74. The second-order valence-electron chi connectivity index (χ2n) is 3.93. The highest BCUT2D eigenvalue weighted by molar-refractivity contribution is 6.80. The number of rotatable bonds is 4. The molecule has 0 atom stereocenters. The lowest BCUT2D eigenvalue weighted by molar-refractivity contribution is 0.265. The Kier molecular flexibility index (Phi) is 4.27. The standard InChI is InChI=1S/C11H19O2Si2/c1-12-15(5,13-2)11-8-6-7-10(9-11)14(3)4/h6-9H,1-5H3. The van der Waals surface area contributed by atoms with Crippen molar-refractivity contribution in [1.29, 1.82) is 0 Å². The maximum Gasteiger partial charge on any atom is 0.368 e. The lowest BCUT2D eigenvalue weighted by Crippen LogP contribution is -2.50. The van der Waals surface area contributed by atoms with Gasteiger partial charge in [-0.05, 0) is 11.7 Å². The van der Waals surface area contributed by atoms with E-state index in [1.165, 1.54) is 10.4 Å². The molecule has 0 amide bonds. The molecule has 0 spiro atoms. The fraction of sp³-hybridized carbons (Fsp3) is 0.455. The first-order chi connectivity index (χ1) is 7.03. The van der Waals surface area contributed by atoms with Gasteiger partial charge in [0.05, 0.1) is 8.80 Å². The molecular formula is C11H19O2Si2. The molecule has 0 unspecified atom stereocenters. The second kappa shape index (κ2) is 5.07. The monoisotopic (exact) mass is 239 g/mol. The zero-order valence-electron chi connectivity index (χ0n) is 10.1. The molecule has 0 aliphatic carbocycles. The molecule has 2 nitrogen and oxygen atoms in total. The van der Waals surface area contributed by atoms with E-state index in [-0.39, 0.29) is 0 Å². The maximum absolute atomic E-state index is 5.54. The van der Waals surface area contributed by atoms with Crippen molar-refractivity contribution in [3.05, 3.63) is 24.3 Å². The number of benzene rings is 1. The molecule has 4 heteroatoms. The molecule has 0 aromatic heterocycles. The fourth-order valence-corrected chi connectivity index (χ4v) is 3.90. The summed E-state index contributed by atoms with van der Waals surface area (Å²) in [7, 11) is 0.923. The van der Waals surface area contributed by atoms with Gasteiger partial charge in [-0.1, -0.05) is 42.5 Å². The van der Waals surface area contributed by atoms with Gasteiger partial charge in [0.1, 0.15) is 0 Å². The maximum atomic E-state index is 5.54. The smallest absolute Gasteiger partial charge is 0.368 e. The van der Waals surface area contributed by atoms with Crippen LogP contribution in [0.25, 0.3) is 0 Å². The van der Waals surface area contributed by atoms with Gasteiger partial charge in [0.25, 0.3) is 0 Å². The Morgan fingerprint density at radius 2 is 1.73 bits per heavy atom. The van der Waals surface area contributed by atoms with E-state index in [9.17, 15) is 0 Å². The summed E-state index contributed by atoms with van der Waals surface area (Å²) in [5.74, 6) is 0. The average molecular weight is 239 g/mol. The van der Waals surface area contributed by atoms with Crippen LogP contribution in [0.5, 0.6) is 0 Å². The average Bonchev–Trinajstić information content (AvgIpc) is 2.28. The van der Waals surface area contributed by atoms with Gasteiger partial charge >= 0.3 is 8.56 Å². The zero-order chi connectivity index (χ0) is 11.5. The molecule has 0 fully saturated rings. The molecule has 0 aliphatic rings. The Balaban J connectivity index is 3.09. The summed E-state index contributed by atoms with van der Waals surface area (Å²) in [6.07, 6.45) is 0. The summed E-state index contributed by atoms with van der Waals surface area (Å²) < 4.78 is 11.1. The quantitative estimate of drug-likeness (QED) is 0.736. The molecule has 83 valence electrons. The van der Waals surface area contributed by atoms with Crippen LogP contribution in [0.15, 0.2) is 24.3 Å². The Labute approximate surface area is 95.1 Å². The first kappa shape index (κ1) is 12.6. The van der Waals surface area contributed by atoms with Crippen LogP contribution in [0, 0.1) is 0 Å². The topological polar surface area (TPSA) is 18.5 Å². The molecule has 15 heavy (non-hydrogen) atoms. The highest BCUT2D eigenvalue weighted by Crippen LogP contribution is 2.04. The normalized spacial score (nSPS) is 12.1. The largest absolute Gasteiger partial charge is 0.394 e. The molecule has 0 saturated carbocycles. The molecule has 0 saturated heterocycles. The van der Waals surface area contributed by atoms with Crippen molar-refractivity contribution in [3.63, 3.8) is 0 Å². The van der Waals surface area contributed by atoms with Gasteiger partial charge in [0, 0.05) is 14.2 Å². The minimum atomic E-state index is -2.13. The van der Waals surface area contributed by atoms with Crippen molar-refractivity contribution in [2.24, 2.45) is 0 Å². The van der Waals surface area contributed by atoms with Gasteiger partial charge in [0.2, 0.25) is 0 Å². The number of hydrogen-bond acceptors (Lipinski definition) is 2. The highest BCUT2D eigenvalue weighted by Gasteiger charge is 2.31. The molecule has 1 rings (SSSR count). The van der Waals surface area contributed by atoms with Crippen molar-refractivity contribution in [2.75, 3.05) is 14.2 Å². The molecule has 0 heterocycles. The minimum absolute atomic E-state index is 0.399. The lowest BCUT2D eigenvalue weighted by atomic mass is 10.4. The fourth-order valence-electron chi connectivity index (χ4n) is 1.43. The molecule has 1 aromatic rings. The van der Waals surface area contributed by atoms with Crippen LogP contribution >= 0.6 is 0 Å². The van der Waals surface area contributed by atoms with Crippen molar-refractivity contribution in [2.45, 2.75) is 19.6 Å². The molecule has 0 aliphatic heterocycles. The van der Waals surface area contributed by atoms with E-state index >= 15 is 0 Å². The second-order valence-corrected chi connectivity index (χ2v) is 9.80. The van der Waals surface area contributed by atoms with Crippen LogP contribution in [0.2, 0.25) is 19.6 Å². The van der Waals surface area contributed by atoms with Crippen LogP contribution in [-0.4, -0.2) is 31.6 Å². The van der Waals surface area contributed by atoms with E-state index in [0.717, 1.165) is 0 Å². The van der Waals surface area contributed by atoms with E-state index in [1.807, 2.05) is 0 Å². The Morgan fingerprint density at radius 1 is 1.13 bits per heavy atom. The van der Waals surface area contributed by atoms with Crippen LogP contribution in [0.4, 0.5) is 0 Å². The Hall–Kier alpha value is -0.426. The molecule has 0 N–H and O–H groups in total. The molecule has 0 bridgehead atoms. The van der Waals surface area contributed by atoms with Crippen molar-refractivity contribution < 1.29 is 8.85 Å². The highest BCUT2D eigenvalue weighted by atomic mass is 28.4. The van der Waals surface area contributed by atoms with E-state index in [0.29, 0.717) is 0 Å². The van der Waals surface area contributed by atoms with E-state index in [1.54, 1.807) is 14.2 Å². The van der Waals surface area contributed by atoms with Gasteiger partial charge in [-0.25, -0.2) is 0 Å². The van der Waals surface area contributed by atoms with E-state index in [2.05, 4.69) is 43.9 Å². The lowest BCUT2D eigenvalue weighted by Gasteiger charge is -2.23. The van der Waals surface area contributed by atoms with Gasteiger partial charge in [-0.15, -0.1) is 0 Å². The molecule has 1 radical (unpaired) electrons. The summed E-state index contributed by atoms with van der Waals surface area (Å²) >= 11 is 0. The van der Waals surface area contributed by atoms with Gasteiger partial charge in [-0.3, -0.25) is 0 Å². The first-order valence-corrected chi connectivity index (χ1v) is 9.86.